The van der Waals surface area contributed by atoms with Gasteiger partial charge in [-0.15, -0.1) is 5.10 Å². The Morgan fingerprint density at radius 1 is 1.09 bits per heavy atom. The van der Waals surface area contributed by atoms with Crippen LogP contribution in [0.2, 0.25) is 0 Å². The SMILES string of the molecule is CCCCOc1ccc(N2C(=O)CC(SC(N)=NN=C(C)c3ccc(OC)cc3)C2=O)cc1. The largest absolute Gasteiger partial charge is 0.497 e. The number of carbonyl (C=O) groups excluding carboxylic acids is 2. The lowest BCUT2D eigenvalue weighted by Gasteiger charge is -2.15. The number of rotatable bonds is 9. The fourth-order valence-corrected chi connectivity index (χ4v) is 3.99. The number of ether oxygens (including phenoxy) is 2. The van der Waals surface area contributed by atoms with Gasteiger partial charge in [0.15, 0.2) is 5.17 Å². The molecule has 0 aliphatic carbocycles. The summed E-state index contributed by atoms with van der Waals surface area (Å²) in [5, 5.41) is 7.65. The molecule has 174 valence electrons. The number of nitrogens with two attached hydrogens (primary N) is 1. The second-order valence-electron chi connectivity index (χ2n) is 7.43. The Labute approximate surface area is 197 Å². The monoisotopic (exact) mass is 468 g/mol. The Balaban J connectivity index is 1.62. The molecule has 1 saturated heterocycles. The molecule has 33 heavy (non-hydrogen) atoms. The van der Waals surface area contributed by atoms with Gasteiger partial charge in [-0.25, -0.2) is 4.90 Å². The molecule has 2 amide bonds. The van der Waals surface area contributed by atoms with Gasteiger partial charge >= 0.3 is 0 Å². The van der Waals surface area contributed by atoms with Gasteiger partial charge in [0.25, 0.3) is 0 Å². The highest BCUT2D eigenvalue weighted by Crippen LogP contribution is 2.30. The third-order valence-corrected chi connectivity index (χ3v) is 6.01. The van der Waals surface area contributed by atoms with Crippen LogP contribution in [-0.2, 0) is 9.59 Å². The van der Waals surface area contributed by atoms with Gasteiger partial charge in [0.1, 0.15) is 16.7 Å². The Kier molecular flexibility index (Phi) is 8.48. The van der Waals surface area contributed by atoms with Crippen molar-refractivity contribution in [2.24, 2.45) is 15.9 Å². The van der Waals surface area contributed by atoms with Crippen LogP contribution in [0.15, 0.2) is 58.7 Å². The van der Waals surface area contributed by atoms with Crippen LogP contribution in [0.3, 0.4) is 0 Å². The predicted octanol–water partition coefficient (Wildman–Crippen LogP) is 3.98. The smallest absolute Gasteiger partial charge is 0.247 e. The number of hydrogen-bond donors (Lipinski definition) is 1. The van der Waals surface area contributed by atoms with Crippen molar-refractivity contribution >= 4 is 40.1 Å². The molecule has 0 radical (unpaired) electrons. The van der Waals surface area contributed by atoms with Crippen LogP contribution in [-0.4, -0.2) is 41.7 Å². The molecule has 2 aromatic carbocycles. The summed E-state index contributed by atoms with van der Waals surface area (Å²) in [6.07, 6.45) is 2.07. The number of nitrogens with zero attached hydrogens (tertiary/aromatic N) is 3. The molecule has 0 aromatic heterocycles. The summed E-state index contributed by atoms with van der Waals surface area (Å²) in [6.45, 7) is 4.54. The lowest BCUT2D eigenvalue weighted by molar-refractivity contribution is -0.121. The predicted molar refractivity (Wildman–Crippen MR) is 132 cm³/mol. The van der Waals surface area contributed by atoms with E-state index in [1.807, 2.05) is 31.2 Å². The summed E-state index contributed by atoms with van der Waals surface area (Å²) in [5.41, 5.74) is 8.03. The first kappa shape index (κ1) is 24.3. The zero-order valence-corrected chi connectivity index (χ0v) is 19.8. The minimum absolute atomic E-state index is 0.0512. The van der Waals surface area contributed by atoms with E-state index in [4.69, 9.17) is 15.2 Å². The highest BCUT2D eigenvalue weighted by Gasteiger charge is 2.40. The molecular formula is C24H28N4O4S. The van der Waals surface area contributed by atoms with Crippen molar-refractivity contribution in [3.05, 3.63) is 54.1 Å². The highest BCUT2D eigenvalue weighted by atomic mass is 32.2. The van der Waals surface area contributed by atoms with Crippen LogP contribution < -0.4 is 20.1 Å². The van der Waals surface area contributed by atoms with Gasteiger partial charge in [-0.05, 0) is 67.4 Å². The first-order valence-electron chi connectivity index (χ1n) is 10.7. The summed E-state index contributed by atoms with van der Waals surface area (Å²) in [4.78, 5) is 26.6. The van der Waals surface area contributed by atoms with Crippen molar-refractivity contribution in [3.63, 3.8) is 0 Å². The fraction of sp³-hybridized carbons (Fsp3) is 0.333. The molecule has 8 nitrogen and oxygen atoms in total. The summed E-state index contributed by atoms with van der Waals surface area (Å²) in [6, 6.07) is 14.3. The Morgan fingerprint density at radius 2 is 1.76 bits per heavy atom. The molecule has 0 bridgehead atoms. The number of anilines is 1. The van der Waals surface area contributed by atoms with Crippen molar-refractivity contribution in [2.75, 3.05) is 18.6 Å². The standard InChI is InChI=1S/C24H28N4O4S/c1-4-5-14-32-20-12-8-18(9-13-20)28-22(29)15-21(23(28)30)33-24(25)27-26-16(2)17-6-10-19(31-3)11-7-17/h6-13,21H,4-5,14-15H2,1-3H3,(H2,25,27). The van der Waals surface area contributed by atoms with Crippen LogP contribution >= 0.6 is 11.8 Å². The molecule has 0 spiro atoms. The van der Waals surface area contributed by atoms with Gasteiger partial charge in [0.2, 0.25) is 11.8 Å². The lowest BCUT2D eigenvalue weighted by atomic mass is 10.1. The van der Waals surface area contributed by atoms with E-state index in [0.29, 0.717) is 23.8 Å². The Morgan fingerprint density at radius 3 is 2.39 bits per heavy atom. The topological polar surface area (TPSA) is 107 Å². The van der Waals surface area contributed by atoms with Crippen molar-refractivity contribution in [2.45, 2.75) is 38.4 Å². The maximum atomic E-state index is 12.9. The van der Waals surface area contributed by atoms with Crippen LogP contribution in [0.4, 0.5) is 5.69 Å². The van der Waals surface area contributed by atoms with Crippen LogP contribution in [0.1, 0.15) is 38.7 Å². The Bertz CT molecular complexity index is 1040. The van der Waals surface area contributed by atoms with E-state index in [0.717, 1.165) is 35.9 Å². The number of imide groups is 1. The van der Waals surface area contributed by atoms with E-state index >= 15 is 0 Å². The zero-order chi connectivity index (χ0) is 23.8. The molecule has 3 rings (SSSR count). The summed E-state index contributed by atoms with van der Waals surface area (Å²) in [5.74, 6) is 0.859. The number of carbonyl (C=O) groups is 2. The maximum absolute atomic E-state index is 12.9. The van der Waals surface area contributed by atoms with Gasteiger partial charge in [-0.3, -0.25) is 9.59 Å². The van der Waals surface area contributed by atoms with Gasteiger partial charge < -0.3 is 15.2 Å². The number of amides is 2. The molecule has 1 unspecified atom stereocenters. The van der Waals surface area contributed by atoms with Gasteiger partial charge in [-0.1, -0.05) is 25.1 Å². The molecule has 1 aliphatic rings. The van der Waals surface area contributed by atoms with Gasteiger partial charge in [0.05, 0.1) is 25.1 Å². The van der Waals surface area contributed by atoms with Crippen LogP contribution in [0.25, 0.3) is 0 Å². The molecule has 1 atom stereocenters. The Hall–Kier alpha value is -3.33. The number of methoxy groups -OCH3 is 1. The fourth-order valence-electron chi connectivity index (χ4n) is 3.18. The molecule has 0 saturated carbocycles. The second kappa shape index (κ2) is 11.5. The maximum Gasteiger partial charge on any atom is 0.247 e. The number of benzene rings is 2. The molecule has 9 heteroatoms. The molecule has 1 aliphatic heterocycles. The number of unbranched alkanes of at least 4 members (excludes halogenated alkanes) is 1. The minimum Gasteiger partial charge on any atom is -0.497 e. The first-order chi connectivity index (χ1) is 15.9. The van der Waals surface area contributed by atoms with E-state index in [-0.39, 0.29) is 23.4 Å². The quantitative estimate of drug-likeness (QED) is 0.196. The van der Waals surface area contributed by atoms with E-state index in [2.05, 4.69) is 17.1 Å². The normalized spacial score (nSPS) is 16.9. The van der Waals surface area contributed by atoms with Crippen LogP contribution in [0.5, 0.6) is 11.5 Å². The van der Waals surface area contributed by atoms with E-state index in [9.17, 15) is 9.59 Å². The van der Waals surface area contributed by atoms with E-state index in [1.54, 1.807) is 31.4 Å². The minimum atomic E-state index is -0.641. The average molecular weight is 469 g/mol. The van der Waals surface area contributed by atoms with Gasteiger partial charge in [0, 0.05) is 6.42 Å². The van der Waals surface area contributed by atoms with Crippen molar-refractivity contribution in [3.8, 4) is 11.5 Å². The number of amidine groups is 1. The second-order valence-corrected chi connectivity index (χ2v) is 8.65. The molecule has 1 fully saturated rings. The third-order valence-electron chi connectivity index (χ3n) is 5.04. The van der Waals surface area contributed by atoms with Crippen molar-refractivity contribution < 1.29 is 19.1 Å². The van der Waals surface area contributed by atoms with Crippen molar-refractivity contribution in [1.82, 2.24) is 0 Å². The lowest BCUT2D eigenvalue weighted by Crippen LogP contribution is -2.31. The number of thioether (sulfide) groups is 1. The number of hydrogen-bond acceptors (Lipinski definition) is 7. The average Bonchev–Trinajstić information content (AvgIpc) is 3.10. The molecular weight excluding hydrogens is 440 g/mol. The summed E-state index contributed by atoms with van der Waals surface area (Å²) in [7, 11) is 1.60. The van der Waals surface area contributed by atoms with Gasteiger partial charge in [-0.2, -0.15) is 5.10 Å². The first-order valence-corrected chi connectivity index (χ1v) is 11.6. The molecule has 2 N–H and O–H groups in total. The molecule has 1 heterocycles. The highest BCUT2D eigenvalue weighted by molar-refractivity contribution is 8.14. The zero-order valence-electron chi connectivity index (χ0n) is 19.0. The van der Waals surface area contributed by atoms with E-state index < -0.39 is 5.25 Å². The summed E-state index contributed by atoms with van der Waals surface area (Å²) >= 11 is 1.04. The third kappa shape index (κ3) is 6.35. The van der Waals surface area contributed by atoms with Crippen molar-refractivity contribution in [1.29, 1.82) is 0 Å². The van der Waals surface area contributed by atoms with E-state index in [1.165, 1.54) is 4.90 Å². The van der Waals surface area contributed by atoms with Crippen LogP contribution in [0, 0.1) is 0 Å². The summed E-state index contributed by atoms with van der Waals surface area (Å²) < 4.78 is 10.8. The molecule has 2 aromatic rings.